The SMILES string of the molecule is Cc1ccc(C)c(C(=O)C=CNc2cc(F)ccc2F)c1. The molecule has 0 spiro atoms. The molecule has 0 aliphatic heterocycles. The molecule has 0 unspecified atom stereocenters. The number of ketones is 1. The molecule has 1 N–H and O–H groups in total. The van der Waals surface area contributed by atoms with Gasteiger partial charge in [-0.05, 0) is 37.6 Å². The maximum Gasteiger partial charge on any atom is 0.187 e. The predicted molar refractivity (Wildman–Crippen MR) is 79.4 cm³/mol. The zero-order chi connectivity index (χ0) is 15.4. The molecule has 0 fully saturated rings. The highest BCUT2D eigenvalue weighted by molar-refractivity contribution is 6.05. The van der Waals surface area contributed by atoms with Crippen molar-refractivity contribution < 1.29 is 13.6 Å². The van der Waals surface area contributed by atoms with E-state index in [9.17, 15) is 13.6 Å². The van der Waals surface area contributed by atoms with Gasteiger partial charge in [0.15, 0.2) is 5.78 Å². The van der Waals surface area contributed by atoms with Crippen LogP contribution in [0.5, 0.6) is 0 Å². The highest BCUT2D eigenvalue weighted by Crippen LogP contribution is 2.16. The third-order valence-electron chi connectivity index (χ3n) is 3.06. The van der Waals surface area contributed by atoms with Crippen molar-refractivity contribution in [1.82, 2.24) is 0 Å². The summed E-state index contributed by atoms with van der Waals surface area (Å²) in [4.78, 5) is 12.1. The summed E-state index contributed by atoms with van der Waals surface area (Å²) in [5.74, 6) is -1.33. The molecule has 0 amide bonds. The first-order valence-corrected chi connectivity index (χ1v) is 6.47. The van der Waals surface area contributed by atoms with Gasteiger partial charge >= 0.3 is 0 Å². The van der Waals surface area contributed by atoms with Crippen LogP contribution in [0.1, 0.15) is 21.5 Å². The van der Waals surface area contributed by atoms with Crippen molar-refractivity contribution in [1.29, 1.82) is 0 Å². The zero-order valence-electron chi connectivity index (χ0n) is 11.8. The molecule has 0 radical (unpaired) electrons. The molecule has 108 valence electrons. The summed E-state index contributed by atoms with van der Waals surface area (Å²) in [6.07, 6.45) is 2.61. The molecule has 0 saturated carbocycles. The van der Waals surface area contributed by atoms with Gasteiger partial charge in [-0.1, -0.05) is 17.7 Å². The molecule has 0 bridgehead atoms. The molecule has 4 heteroatoms. The van der Waals surface area contributed by atoms with Gasteiger partial charge in [-0.25, -0.2) is 8.78 Å². The number of hydrogen-bond acceptors (Lipinski definition) is 2. The van der Waals surface area contributed by atoms with Crippen LogP contribution in [0.25, 0.3) is 0 Å². The van der Waals surface area contributed by atoms with Gasteiger partial charge in [-0.15, -0.1) is 0 Å². The molecular weight excluding hydrogens is 272 g/mol. The normalized spacial score (nSPS) is 10.9. The maximum atomic E-state index is 13.4. The van der Waals surface area contributed by atoms with Gasteiger partial charge in [0, 0.05) is 23.9 Å². The number of rotatable bonds is 4. The highest BCUT2D eigenvalue weighted by Gasteiger charge is 2.06. The highest BCUT2D eigenvalue weighted by atomic mass is 19.1. The molecule has 0 atom stereocenters. The standard InChI is InChI=1S/C17H15F2NO/c1-11-3-4-12(2)14(9-11)17(21)7-8-20-16-10-13(18)5-6-15(16)19/h3-10,20H,1-2H3. The number of aryl methyl sites for hydroxylation is 2. The molecule has 0 aliphatic rings. The van der Waals surface area contributed by atoms with E-state index in [0.29, 0.717) is 5.56 Å². The number of halogens is 2. The van der Waals surface area contributed by atoms with E-state index in [-0.39, 0.29) is 11.5 Å². The molecule has 0 aliphatic carbocycles. The molecule has 0 heterocycles. The van der Waals surface area contributed by atoms with Gasteiger partial charge in [-0.2, -0.15) is 0 Å². The lowest BCUT2D eigenvalue weighted by Gasteiger charge is -2.04. The Kier molecular flexibility index (Phi) is 4.48. The molecule has 0 aromatic heterocycles. The zero-order valence-corrected chi connectivity index (χ0v) is 11.8. The van der Waals surface area contributed by atoms with E-state index in [1.165, 1.54) is 12.3 Å². The summed E-state index contributed by atoms with van der Waals surface area (Å²) >= 11 is 0. The number of nitrogens with one attached hydrogen (secondary N) is 1. The van der Waals surface area contributed by atoms with Crippen LogP contribution in [0, 0.1) is 25.5 Å². The minimum Gasteiger partial charge on any atom is -0.359 e. The summed E-state index contributed by atoms with van der Waals surface area (Å²) in [7, 11) is 0. The van der Waals surface area contributed by atoms with Gasteiger partial charge in [0.1, 0.15) is 11.6 Å². The Bertz CT molecular complexity index is 708. The number of allylic oxidation sites excluding steroid dienone is 1. The number of hydrogen-bond donors (Lipinski definition) is 1. The lowest BCUT2D eigenvalue weighted by atomic mass is 10.0. The average Bonchev–Trinajstić information content (AvgIpc) is 2.45. The second-order valence-corrected chi connectivity index (χ2v) is 4.78. The topological polar surface area (TPSA) is 29.1 Å². The minimum absolute atomic E-state index is 0.0139. The molecular formula is C17H15F2NO. The van der Waals surface area contributed by atoms with Gasteiger partial charge in [-0.3, -0.25) is 4.79 Å². The Hall–Kier alpha value is -2.49. The van der Waals surface area contributed by atoms with E-state index in [1.807, 2.05) is 26.0 Å². The summed E-state index contributed by atoms with van der Waals surface area (Å²) in [5, 5.41) is 2.57. The second kappa shape index (κ2) is 6.31. The number of carbonyl (C=O) groups is 1. The summed E-state index contributed by atoms with van der Waals surface area (Å²) in [6.45, 7) is 3.75. The van der Waals surface area contributed by atoms with E-state index >= 15 is 0 Å². The van der Waals surface area contributed by atoms with Gasteiger partial charge in [0.25, 0.3) is 0 Å². The van der Waals surface area contributed by atoms with Crippen LogP contribution < -0.4 is 5.32 Å². The Balaban J connectivity index is 2.12. The van der Waals surface area contributed by atoms with Crippen LogP contribution in [-0.4, -0.2) is 5.78 Å². The van der Waals surface area contributed by atoms with Crippen molar-refractivity contribution >= 4 is 11.5 Å². The first-order chi connectivity index (χ1) is 9.97. The minimum atomic E-state index is -0.583. The fourth-order valence-corrected chi connectivity index (χ4v) is 1.91. The summed E-state index contributed by atoms with van der Waals surface area (Å²) < 4.78 is 26.4. The van der Waals surface area contributed by atoms with Crippen LogP contribution in [0.3, 0.4) is 0 Å². The quantitative estimate of drug-likeness (QED) is 0.667. The number of benzene rings is 2. The monoisotopic (exact) mass is 287 g/mol. The second-order valence-electron chi connectivity index (χ2n) is 4.78. The van der Waals surface area contributed by atoms with E-state index in [4.69, 9.17) is 0 Å². The van der Waals surface area contributed by atoms with Crippen molar-refractivity contribution in [2.45, 2.75) is 13.8 Å². The lowest BCUT2D eigenvalue weighted by molar-refractivity contribution is 0.104. The smallest absolute Gasteiger partial charge is 0.187 e. The van der Waals surface area contributed by atoms with Gasteiger partial charge < -0.3 is 5.32 Å². The van der Waals surface area contributed by atoms with Crippen LogP contribution >= 0.6 is 0 Å². The van der Waals surface area contributed by atoms with Gasteiger partial charge in [0.05, 0.1) is 5.69 Å². The van der Waals surface area contributed by atoms with Crippen LogP contribution in [-0.2, 0) is 0 Å². The molecule has 21 heavy (non-hydrogen) atoms. The third-order valence-corrected chi connectivity index (χ3v) is 3.06. The molecule has 2 rings (SSSR count). The van der Waals surface area contributed by atoms with E-state index < -0.39 is 11.6 Å². The average molecular weight is 287 g/mol. The van der Waals surface area contributed by atoms with Crippen molar-refractivity contribution in [3.63, 3.8) is 0 Å². The molecule has 2 aromatic carbocycles. The van der Waals surface area contributed by atoms with Crippen molar-refractivity contribution in [2.75, 3.05) is 5.32 Å². The Morgan fingerprint density at radius 3 is 2.62 bits per heavy atom. The third kappa shape index (κ3) is 3.75. The van der Waals surface area contributed by atoms with Crippen molar-refractivity contribution in [2.24, 2.45) is 0 Å². The first-order valence-electron chi connectivity index (χ1n) is 6.47. The predicted octanol–water partition coefficient (Wildman–Crippen LogP) is 4.39. The first kappa shape index (κ1) is 14.9. The fraction of sp³-hybridized carbons (Fsp3) is 0.118. The molecule has 2 nitrogen and oxygen atoms in total. The van der Waals surface area contributed by atoms with E-state index in [0.717, 1.165) is 29.3 Å². The van der Waals surface area contributed by atoms with Gasteiger partial charge in [0.2, 0.25) is 0 Å². The van der Waals surface area contributed by atoms with Crippen molar-refractivity contribution in [3.8, 4) is 0 Å². The van der Waals surface area contributed by atoms with Crippen molar-refractivity contribution in [3.05, 3.63) is 77.0 Å². The molecule has 0 saturated heterocycles. The molecule has 2 aromatic rings. The van der Waals surface area contributed by atoms with Crippen LogP contribution in [0.15, 0.2) is 48.7 Å². The van der Waals surface area contributed by atoms with E-state index in [2.05, 4.69) is 5.32 Å². The van der Waals surface area contributed by atoms with Crippen LogP contribution in [0.2, 0.25) is 0 Å². The number of anilines is 1. The van der Waals surface area contributed by atoms with E-state index in [1.54, 1.807) is 6.07 Å². The summed E-state index contributed by atoms with van der Waals surface area (Å²) in [6, 6.07) is 8.68. The number of carbonyl (C=O) groups excluding carboxylic acids is 1. The Labute approximate surface area is 122 Å². The van der Waals surface area contributed by atoms with Crippen LogP contribution in [0.4, 0.5) is 14.5 Å². The Morgan fingerprint density at radius 2 is 1.86 bits per heavy atom. The largest absolute Gasteiger partial charge is 0.359 e. The maximum absolute atomic E-state index is 13.4. The fourth-order valence-electron chi connectivity index (χ4n) is 1.91. The lowest BCUT2D eigenvalue weighted by Crippen LogP contribution is -2.00. The summed E-state index contributed by atoms with van der Waals surface area (Å²) in [5.41, 5.74) is 2.43. The Morgan fingerprint density at radius 1 is 1.10 bits per heavy atom.